The summed E-state index contributed by atoms with van der Waals surface area (Å²) in [5, 5.41) is 0. The first kappa shape index (κ1) is 30.3. The van der Waals surface area contributed by atoms with Gasteiger partial charge >= 0.3 is 0 Å². The molecule has 34 heavy (non-hydrogen) atoms. The van der Waals surface area contributed by atoms with E-state index in [0.29, 0.717) is 0 Å². The monoisotopic (exact) mass is 544 g/mol. The summed E-state index contributed by atoms with van der Waals surface area (Å²) in [6.45, 7) is 15.7. The van der Waals surface area contributed by atoms with Gasteiger partial charge in [-0.05, 0) is 75.5 Å². The maximum absolute atomic E-state index is 2.62. The molecule has 0 spiro atoms. The van der Waals surface area contributed by atoms with E-state index < -0.39 is 0 Å². The lowest BCUT2D eigenvalue weighted by Gasteiger charge is -2.68. The molecule has 0 atom stereocenters. The van der Waals surface area contributed by atoms with Gasteiger partial charge in [0, 0.05) is 14.7 Å². The van der Waals surface area contributed by atoms with Crippen LogP contribution in [0.15, 0.2) is 0 Å². The van der Waals surface area contributed by atoms with Gasteiger partial charge in [0.15, 0.2) is 0 Å². The maximum Gasteiger partial charge on any atom is 0.0122 e. The highest BCUT2D eigenvalue weighted by atomic mass is 31.2. The van der Waals surface area contributed by atoms with Gasteiger partial charge in [-0.1, -0.05) is 131 Å². The van der Waals surface area contributed by atoms with Crippen LogP contribution >= 0.6 is 31.7 Å². The van der Waals surface area contributed by atoms with Crippen LogP contribution in [0.3, 0.4) is 0 Å². The summed E-state index contributed by atoms with van der Waals surface area (Å²) in [6, 6.07) is 0. The Balaban J connectivity index is 2.33. The van der Waals surface area contributed by atoms with Crippen LogP contribution in [0.4, 0.5) is 0 Å². The van der Waals surface area contributed by atoms with E-state index in [4.69, 9.17) is 0 Å². The minimum atomic E-state index is 0.0654. The number of hydrogen-bond donors (Lipinski definition) is 0. The van der Waals surface area contributed by atoms with Gasteiger partial charge in [-0.25, -0.2) is 0 Å². The average Bonchev–Trinajstić information content (AvgIpc) is 2.88. The van der Waals surface area contributed by atoms with Gasteiger partial charge in [-0.3, -0.25) is 0 Å². The van der Waals surface area contributed by atoms with Crippen molar-refractivity contribution < 1.29 is 0 Å². The minimum absolute atomic E-state index is 0.0654. The molecule has 0 aromatic rings. The number of hydrogen-bond acceptors (Lipinski definition) is 0. The van der Waals surface area contributed by atoms with Crippen LogP contribution in [0.2, 0.25) is 0 Å². The quantitative estimate of drug-likeness (QED) is 0.214. The first-order chi connectivity index (χ1) is 16.5. The summed E-state index contributed by atoms with van der Waals surface area (Å²) in [5.74, 6) is 0. The largest absolute Gasteiger partial charge is 0.0964 e. The van der Waals surface area contributed by atoms with Crippen LogP contribution < -0.4 is 0 Å². The third-order valence-corrected chi connectivity index (χ3v) is 27.9. The van der Waals surface area contributed by atoms with Crippen LogP contribution in [0.1, 0.15) is 138 Å². The maximum atomic E-state index is 2.62. The highest BCUT2D eigenvalue weighted by molar-refractivity contribution is 7.91. The molecule has 0 radical (unpaired) electrons. The summed E-state index contributed by atoms with van der Waals surface area (Å²) in [6.07, 6.45) is 33.0. The molecule has 0 nitrogen and oxygen atoms in total. The van der Waals surface area contributed by atoms with Crippen molar-refractivity contribution in [1.82, 2.24) is 0 Å². The molecule has 0 unspecified atom stereocenters. The zero-order valence-corrected chi connectivity index (χ0v) is 27.7. The van der Waals surface area contributed by atoms with Crippen LogP contribution in [-0.4, -0.2) is 51.7 Å². The summed E-state index contributed by atoms with van der Waals surface area (Å²) in [4.78, 5) is 2.32. The Morgan fingerprint density at radius 1 is 0.353 bits per heavy atom. The second-order valence-corrected chi connectivity index (χ2v) is 25.4. The van der Waals surface area contributed by atoms with E-state index in [0.717, 1.165) is 14.7 Å². The van der Waals surface area contributed by atoms with Crippen molar-refractivity contribution in [3.05, 3.63) is 0 Å². The predicted octanol–water partition coefficient (Wildman–Crippen LogP) is 12.0. The second kappa shape index (κ2) is 14.2. The highest BCUT2D eigenvalue weighted by Gasteiger charge is 2.63. The third kappa shape index (κ3) is 5.68. The molecular weight excluding hydrogens is 484 g/mol. The van der Waals surface area contributed by atoms with Gasteiger partial charge in [0.2, 0.25) is 0 Å². The molecule has 3 saturated carbocycles. The van der Waals surface area contributed by atoms with Crippen LogP contribution in [0, 0.1) is 0 Å². The van der Waals surface area contributed by atoms with E-state index >= 15 is 0 Å². The van der Waals surface area contributed by atoms with Gasteiger partial charge in [0.25, 0.3) is 0 Å². The molecule has 0 bridgehead atoms. The summed E-state index contributed by atoms with van der Waals surface area (Å²) >= 11 is 0. The van der Waals surface area contributed by atoms with Crippen molar-refractivity contribution in [2.75, 3.05) is 37.0 Å². The molecule has 3 aliphatic carbocycles. The normalized spacial score (nSPS) is 24.9. The van der Waals surface area contributed by atoms with Crippen molar-refractivity contribution in [3.8, 4) is 0 Å². The zero-order chi connectivity index (χ0) is 24.7. The molecule has 0 saturated heterocycles. The molecule has 200 valence electrons. The summed E-state index contributed by atoms with van der Waals surface area (Å²) in [7, 11) is 0.571. The Morgan fingerprint density at radius 3 is 0.735 bits per heavy atom. The van der Waals surface area contributed by atoms with Gasteiger partial charge in [-0.15, -0.1) is 0 Å². The van der Waals surface area contributed by atoms with E-state index in [9.17, 15) is 0 Å². The SMILES string of the molecule is CCP(CC)C1(P(C2(P(CC)CC)CCCCC2)C2(P(CC)CC)CCCCC2)CCCCC1. The highest BCUT2D eigenvalue weighted by Crippen LogP contribution is 2.92. The fourth-order valence-electron chi connectivity index (χ4n) is 9.00. The first-order valence-corrected chi connectivity index (χ1v) is 22.1. The van der Waals surface area contributed by atoms with E-state index in [2.05, 4.69) is 41.5 Å². The van der Waals surface area contributed by atoms with Crippen molar-refractivity contribution in [1.29, 1.82) is 0 Å². The lowest BCUT2D eigenvalue weighted by Crippen LogP contribution is -2.49. The Labute approximate surface area is 220 Å². The Morgan fingerprint density at radius 2 is 0.559 bits per heavy atom. The fraction of sp³-hybridized carbons (Fsp3) is 1.00. The minimum Gasteiger partial charge on any atom is -0.0964 e. The van der Waals surface area contributed by atoms with E-state index in [1.54, 1.807) is 77.0 Å². The Hall–Kier alpha value is 1.72. The van der Waals surface area contributed by atoms with E-state index in [1.807, 2.05) is 0 Å². The molecule has 0 heterocycles. The van der Waals surface area contributed by atoms with Gasteiger partial charge < -0.3 is 0 Å². The Bertz CT molecular complexity index is 480. The molecule has 3 aliphatic rings. The lowest BCUT2D eigenvalue weighted by molar-refractivity contribution is 0.418. The summed E-state index contributed by atoms with van der Waals surface area (Å²) in [5.41, 5.74) is 0. The molecule has 3 rings (SSSR count). The smallest absolute Gasteiger partial charge is 0.0122 e. The molecule has 0 amide bonds. The molecular formula is C30H60P4. The van der Waals surface area contributed by atoms with Crippen molar-refractivity contribution in [2.24, 2.45) is 0 Å². The van der Waals surface area contributed by atoms with Crippen molar-refractivity contribution in [2.45, 2.75) is 153 Å². The Kier molecular flexibility index (Phi) is 12.6. The molecule has 0 aliphatic heterocycles. The van der Waals surface area contributed by atoms with Crippen molar-refractivity contribution in [3.63, 3.8) is 0 Å². The predicted molar refractivity (Wildman–Crippen MR) is 168 cm³/mol. The fourth-order valence-corrected chi connectivity index (χ4v) is 31.4. The average molecular weight is 545 g/mol. The van der Waals surface area contributed by atoms with Gasteiger partial charge in [0.1, 0.15) is 0 Å². The van der Waals surface area contributed by atoms with Crippen LogP contribution in [0.5, 0.6) is 0 Å². The molecule has 0 aromatic heterocycles. The van der Waals surface area contributed by atoms with Gasteiger partial charge in [-0.2, -0.15) is 0 Å². The van der Waals surface area contributed by atoms with E-state index in [1.165, 1.54) is 56.2 Å². The third-order valence-electron chi connectivity index (χ3n) is 10.3. The van der Waals surface area contributed by atoms with Crippen LogP contribution in [0.25, 0.3) is 0 Å². The first-order valence-electron chi connectivity index (χ1n) is 15.6. The second-order valence-electron chi connectivity index (χ2n) is 11.5. The summed E-state index contributed by atoms with van der Waals surface area (Å²) < 4.78 is 0. The molecule has 4 heteroatoms. The van der Waals surface area contributed by atoms with Crippen molar-refractivity contribution >= 4 is 31.7 Å². The molecule has 0 aromatic carbocycles. The van der Waals surface area contributed by atoms with Crippen LogP contribution in [-0.2, 0) is 0 Å². The molecule has 3 fully saturated rings. The standard InChI is InChI=1S/C30H60P4/c1-7-31(8-2)28(22-16-13-17-23-28)34(29(32(9-3)10-4)24-18-14-19-25-29)30(33(11-5)12-6)26-20-15-21-27-30/h7-27H2,1-6H3. The zero-order valence-electron chi connectivity index (χ0n) is 24.1. The topological polar surface area (TPSA) is 0 Å². The lowest BCUT2D eigenvalue weighted by atomic mass is 9.98. The molecule has 0 N–H and O–H groups in total. The van der Waals surface area contributed by atoms with E-state index in [-0.39, 0.29) is 31.7 Å². The number of rotatable bonds is 12. The van der Waals surface area contributed by atoms with Gasteiger partial charge in [0.05, 0.1) is 0 Å².